The van der Waals surface area contributed by atoms with E-state index >= 15 is 0 Å². The van der Waals surface area contributed by atoms with Gasteiger partial charge in [-0.1, -0.05) is 57.0 Å². The van der Waals surface area contributed by atoms with Crippen LogP contribution >= 0.6 is 0 Å². The average Bonchev–Trinajstić information content (AvgIpc) is 2.70. The molecule has 1 amide bonds. The molecule has 3 nitrogen and oxygen atoms in total. The quantitative estimate of drug-likeness (QED) is 0.817. The van der Waals surface area contributed by atoms with E-state index in [2.05, 4.69) is 31.3 Å². The molecule has 2 rings (SSSR count). The van der Waals surface area contributed by atoms with Crippen molar-refractivity contribution in [2.24, 2.45) is 17.6 Å². The van der Waals surface area contributed by atoms with Crippen molar-refractivity contribution >= 4 is 5.91 Å². The van der Waals surface area contributed by atoms with E-state index in [-0.39, 0.29) is 5.91 Å². The van der Waals surface area contributed by atoms with E-state index < -0.39 is 5.54 Å². The van der Waals surface area contributed by atoms with Crippen molar-refractivity contribution in [3.05, 3.63) is 35.9 Å². The summed E-state index contributed by atoms with van der Waals surface area (Å²) >= 11 is 0. The SMILES string of the molecule is CC(C)C1CCCC(NCc2ccccc2)(C(N)=O)CC1. The van der Waals surface area contributed by atoms with E-state index in [1.807, 2.05) is 18.2 Å². The van der Waals surface area contributed by atoms with Crippen molar-refractivity contribution in [1.29, 1.82) is 0 Å². The Hall–Kier alpha value is -1.35. The summed E-state index contributed by atoms with van der Waals surface area (Å²) in [5.41, 5.74) is 6.42. The number of hydrogen-bond acceptors (Lipinski definition) is 2. The normalized spacial score (nSPS) is 26.5. The summed E-state index contributed by atoms with van der Waals surface area (Å²) in [5, 5.41) is 3.48. The van der Waals surface area contributed by atoms with Gasteiger partial charge in [-0.05, 0) is 36.7 Å². The van der Waals surface area contributed by atoms with Crippen LogP contribution in [-0.2, 0) is 11.3 Å². The molecule has 0 saturated heterocycles. The number of primary amides is 1. The van der Waals surface area contributed by atoms with Gasteiger partial charge in [-0.3, -0.25) is 10.1 Å². The highest BCUT2D eigenvalue weighted by molar-refractivity contribution is 5.84. The van der Waals surface area contributed by atoms with Crippen LogP contribution in [-0.4, -0.2) is 11.4 Å². The molecular weight excluding hydrogens is 260 g/mol. The molecule has 0 heterocycles. The first-order valence-corrected chi connectivity index (χ1v) is 8.12. The summed E-state index contributed by atoms with van der Waals surface area (Å²) in [7, 11) is 0. The van der Waals surface area contributed by atoms with Crippen LogP contribution in [0.25, 0.3) is 0 Å². The third kappa shape index (κ3) is 4.07. The first-order chi connectivity index (χ1) is 10.0. The summed E-state index contributed by atoms with van der Waals surface area (Å²) in [6.45, 7) is 5.26. The van der Waals surface area contributed by atoms with Crippen LogP contribution in [0.3, 0.4) is 0 Å². The van der Waals surface area contributed by atoms with Crippen molar-refractivity contribution in [3.8, 4) is 0 Å². The summed E-state index contributed by atoms with van der Waals surface area (Å²) in [5.74, 6) is 1.20. The Bertz CT molecular complexity index is 458. The average molecular weight is 288 g/mol. The van der Waals surface area contributed by atoms with Crippen LogP contribution in [0.1, 0.15) is 51.5 Å². The topological polar surface area (TPSA) is 55.1 Å². The molecule has 1 saturated carbocycles. The number of benzene rings is 1. The van der Waals surface area contributed by atoms with Crippen LogP contribution in [0, 0.1) is 11.8 Å². The van der Waals surface area contributed by atoms with Gasteiger partial charge in [0.2, 0.25) is 5.91 Å². The van der Waals surface area contributed by atoms with E-state index in [0.29, 0.717) is 18.4 Å². The fourth-order valence-electron chi connectivity index (χ4n) is 3.41. The molecule has 1 fully saturated rings. The van der Waals surface area contributed by atoms with Gasteiger partial charge in [0.1, 0.15) is 0 Å². The highest BCUT2D eigenvalue weighted by atomic mass is 16.1. The predicted octanol–water partition coefficient (Wildman–Crippen LogP) is 3.24. The second-order valence-electron chi connectivity index (χ2n) is 6.72. The summed E-state index contributed by atoms with van der Waals surface area (Å²) in [6.07, 6.45) is 5.09. The van der Waals surface area contributed by atoms with Crippen LogP contribution in [0.5, 0.6) is 0 Å². The summed E-state index contributed by atoms with van der Waals surface area (Å²) in [6, 6.07) is 10.2. The molecule has 3 heteroatoms. The van der Waals surface area contributed by atoms with Gasteiger partial charge in [0.25, 0.3) is 0 Å². The Labute approximate surface area is 128 Å². The fourth-order valence-corrected chi connectivity index (χ4v) is 3.41. The highest BCUT2D eigenvalue weighted by Crippen LogP contribution is 2.34. The molecule has 0 radical (unpaired) electrons. The number of nitrogens with two attached hydrogens (primary N) is 1. The zero-order valence-corrected chi connectivity index (χ0v) is 13.3. The lowest BCUT2D eigenvalue weighted by Gasteiger charge is -2.31. The van der Waals surface area contributed by atoms with Gasteiger partial charge in [0.15, 0.2) is 0 Å². The largest absolute Gasteiger partial charge is 0.368 e. The first kappa shape index (κ1) is 16.0. The van der Waals surface area contributed by atoms with Gasteiger partial charge in [-0.15, -0.1) is 0 Å². The van der Waals surface area contributed by atoms with Crippen molar-refractivity contribution in [1.82, 2.24) is 5.32 Å². The lowest BCUT2D eigenvalue weighted by atomic mass is 9.86. The summed E-state index contributed by atoms with van der Waals surface area (Å²) in [4.78, 5) is 12.1. The lowest BCUT2D eigenvalue weighted by Crippen LogP contribution is -2.54. The standard InChI is InChI=1S/C18H28N2O/c1-14(2)16-9-6-11-18(12-10-16,17(19)21)20-13-15-7-4-3-5-8-15/h3-5,7-8,14,16,20H,6,9-13H2,1-2H3,(H2,19,21). The zero-order valence-electron chi connectivity index (χ0n) is 13.3. The smallest absolute Gasteiger partial charge is 0.237 e. The Balaban J connectivity index is 2.05. The molecule has 21 heavy (non-hydrogen) atoms. The fraction of sp³-hybridized carbons (Fsp3) is 0.611. The molecule has 0 bridgehead atoms. The minimum absolute atomic E-state index is 0.192. The van der Waals surface area contributed by atoms with Crippen LogP contribution in [0.4, 0.5) is 0 Å². The maximum atomic E-state index is 12.1. The van der Waals surface area contributed by atoms with E-state index in [1.54, 1.807) is 0 Å². The lowest BCUT2D eigenvalue weighted by molar-refractivity contribution is -0.125. The van der Waals surface area contributed by atoms with Crippen molar-refractivity contribution < 1.29 is 4.79 Å². The van der Waals surface area contributed by atoms with E-state index in [0.717, 1.165) is 25.7 Å². The Morgan fingerprint density at radius 1 is 1.29 bits per heavy atom. The van der Waals surface area contributed by atoms with E-state index in [4.69, 9.17) is 5.73 Å². The number of nitrogens with one attached hydrogen (secondary N) is 1. The molecule has 0 aliphatic heterocycles. The van der Waals surface area contributed by atoms with Crippen LogP contribution in [0.15, 0.2) is 30.3 Å². The van der Waals surface area contributed by atoms with Crippen molar-refractivity contribution in [2.45, 2.75) is 58.0 Å². The summed E-state index contributed by atoms with van der Waals surface area (Å²) < 4.78 is 0. The van der Waals surface area contributed by atoms with Gasteiger partial charge >= 0.3 is 0 Å². The van der Waals surface area contributed by atoms with Gasteiger partial charge < -0.3 is 5.73 Å². The molecule has 0 spiro atoms. The zero-order chi connectivity index (χ0) is 15.3. The number of carbonyl (C=O) groups is 1. The third-order valence-corrected chi connectivity index (χ3v) is 5.01. The maximum absolute atomic E-state index is 12.1. The van der Waals surface area contributed by atoms with Crippen molar-refractivity contribution in [3.63, 3.8) is 0 Å². The number of hydrogen-bond donors (Lipinski definition) is 2. The third-order valence-electron chi connectivity index (χ3n) is 5.01. The Morgan fingerprint density at radius 3 is 2.62 bits per heavy atom. The van der Waals surface area contributed by atoms with Crippen molar-refractivity contribution in [2.75, 3.05) is 0 Å². The van der Waals surface area contributed by atoms with Gasteiger partial charge in [-0.25, -0.2) is 0 Å². The maximum Gasteiger partial charge on any atom is 0.237 e. The Kier molecular flexibility index (Phi) is 5.40. The van der Waals surface area contributed by atoms with Crippen LogP contribution in [0.2, 0.25) is 0 Å². The second-order valence-corrected chi connectivity index (χ2v) is 6.72. The molecule has 1 aromatic rings. The molecule has 0 aromatic heterocycles. The number of rotatable bonds is 5. The predicted molar refractivity (Wildman–Crippen MR) is 86.6 cm³/mol. The molecule has 2 unspecified atom stereocenters. The second kappa shape index (κ2) is 7.08. The number of carbonyl (C=O) groups excluding carboxylic acids is 1. The van der Waals surface area contributed by atoms with Crippen LogP contribution < -0.4 is 11.1 Å². The van der Waals surface area contributed by atoms with Gasteiger partial charge in [-0.2, -0.15) is 0 Å². The highest BCUT2D eigenvalue weighted by Gasteiger charge is 2.38. The molecule has 1 aliphatic carbocycles. The molecule has 2 atom stereocenters. The van der Waals surface area contributed by atoms with Gasteiger partial charge in [0, 0.05) is 6.54 Å². The molecular formula is C18H28N2O. The minimum Gasteiger partial charge on any atom is -0.368 e. The first-order valence-electron chi connectivity index (χ1n) is 8.12. The van der Waals surface area contributed by atoms with E-state index in [1.165, 1.54) is 12.0 Å². The minimum atomic E-state index is -0.528. The monoisotopic (exact) mass is 288 g/mol. The molecule has 1 aliphatic rings. The number of amides is 1. The molecule has 3 N–H and O–H groups in total. The van der Waals surface area contributed by atoms with Gasteiger partial charge in [0.05, 0.1) is 5.54 Å². The van der Waals surface area contributed by atoms with E-state index in [9.17, 15) is 4.79 Å². The Morgan fingerprint density at radius 2 is 2.00 bits per heavy atom. The molecule has 1 aromatic carbocycles. The molecule has 116 valence electrons.